The van der Waals surface area contributed by atoms with Gasteiger partial charge in [-0.3, -0.25) is 9.48 Å². The number of hydrogen-bond donors (Lipinski definition) is 1. The Morgan fingerprint density at radius 1 is 1.27 bits per heavy atom. The molecule has 1 saturated carbocycles. The van der Waals surface area contributed by atoms with Gasteiger partial charge in [0.2, 0.25) is 0 Å². The first kappa shape index (κ1) is 16.5. The smallest absolute Gasteiger partial charge is 0.329 e. The van der Waals surface area contributed by atoms with Crippen LogP contribution in [0.15, 0.2) is 12.4 Å². The van der Waals surface area contributed by atoms with E-state index in [-0.39, 0.29) is 11.4 Å². The van der Waals surface area contributed by atoms with Crippen LogP contribution in [0.1, 0.15) is 63.2 Å². The zero-order valence-corrected chi connectivity index (χ0v) is 13.8. The molecule has 122 valence electrons. The van der Waals surface area contributed by atoms with Crippen LogP contribution >= 0.6 is 0 Å². The number of carbonyl (C=O) groups excluding carboxylic acids is 1. The fraction of sp³-hybridized carbons (Fsp3) is 0.688. The first-order chi connectivity index (χ1) is 10.2. The van der Waals surface area contributed by atoms with E-state index in [0.29, 0.717) is 18.4 Å². The van der Waals surface area contributed by atoms with Gasteiger partial charge in [-0.05, 0) is 33.6 Å². The van der Waals surface area contributed by atoms with Gasteiger partial charge in [-0.25, -0.2) is 4.79 Å². The van der Waals surface area contributed by atoms with Crippen molar-refractivity contribution in [1.29, 1.82) is 0 Å². The molecule has 0 radical (unpaired) electrons. The summed E-state index contributed by atoms with van der Waals surface area (Å²) in [6, 6.07) is 0. The molecule has 2 rings (SSSR count). The molecule has 1 aliphatic carbocycles. The third kappa shape index (κ3) is 2.87. The molecule has 1 fully saturated rings. The summed E-state index contributed by atoms with van der Waals surface area (Å²) >= 11 is 0. The molecule has 0 aromatic carbocycles. The van der Waals surface area contributed by atoms with Crippen LogP contribution in [0.2, 0.25) is 0 Å². The van der Waals surface area contributed by atoms with E-state index >= 15 is 0 Å². The lowest BCUT2D eigenvalue weighted by molar-refractivity contribution is -0.151. The predicted octanol–water partition coefficient (Wildman–Crippen LogP) is 2.50. The van der Waals surface area contributed by atoms with E-state index in [1.165, 1.54) is 11.1 Å². The third-order valence-corrected chi connectivity index (χ3v) is 4.54. The number of carboxylic acids is 1. The average molecular weight is 307 g/mol. The lowest BCUT2D eigenvalue weighted by atomic mass is 9.80. The number of hydrogen-bond acceptors (Lipinski definition) is 3. The van der Waals surface area contributed by atoms with Crippen LogP contribution in [0.25, 0.3) is 0 Å². The van der Waals surface area contributed by atoms with Crippen molar-refractivity contribution in [2.24, 2.45) is 0 Å². The standard InChI is InChI=1S/C16H25N3O3/c1-15(2,3)19-11-12(10-17-19)13(20)18(4)16(14(21)22)8-6-5-7-9-16/h10-11H,5-9H2,1-4H3,(H,21,22). The molecule has 1 aromatic rings. The van der Waals surface area contributed by atoms with Gasteiger partial charge in [0.1, 0.15) is 5.54 Å². The van der Waals surface area contributed by atoms with E-state index in [4.69, 9.17) is 0 Å². The zero-order valence-electron chi connectivity index (χ0n) is 13.8. The topological polar surface area (TPSA) is 75.4 Å². The second-order valence-electron chi connectivity index (χ2n) is 7.11. The molecule has 0 saturated heterocycles. The highest BCUT2D eigenvalue weighted by Crippen LogP contribution is 2.34. The molecule has 0 spiro atoms. The van der Waals surface area contributed by atoms with Gasteiger partial charge in [0.25, 0.3) is 5.91 Å². The maximum Gasteiger partial charge on any atom is 0.329 e. The Morgan fingerprint density at radius 3 is 2.32 bits per heavy atom. The van der Waals surface area contributed by atoms with Gasteiger partial charge < -0.3 is 10.0 Å². The first-order valence-electron chi connectivity index (χ1n) is 7.75. The van der Waals surface area contributed by atoms with Crippen LogP contribution in [-0.4, -0.2) is 44.3 Å². The van der Waals surface area contributed by atoms with Crippen molar-refractivity contribution in [2.75, 3.05) is 7.05 Å². The number of likely N-dealkylation sites (N-methyl/N-ethyl adjacent to an activating group) is 1. The minimum Gasteiger partial charge on any atom is -0.479 e. The van der Waals surface area contributed by atoms with Crippen LogP contribution in [0.4, 0.5) is 0 Å². The summed E-state index contributed by atoms with van der Waals surface area (Å²) in [7, 11) is 1.59. The summed E-state index contributed by atoms with van der Waals surface area (Å²) in [4.78, 5) is 25.9. The maximum atomic E-state index is 12.7. The summed E-state index contributed by atoms with van der Waals surface area (Å²) in [5.74, 6) is -1.19. The van der Waals surface area contributed by atoms with Gasteiger partial charge in [0.15, 0.2) is 0 Å². The Kier molecular flexibility index (Phi) is 4.31. The predicted molar refractivity (Wildman–Crippen MR) is 82.8 cm³/mol. The van der Waals surface area contributed by atoms with Crippen molar-refractivity contribution in [2.45, 2.75) is 64.0 Å². The lowest BCUT2D eigenvalue weighted by Crippen LogP contribution is -2.56. The van der Waals surface area contributed by atoms with E-state index in [1.54, 1.807) is 17.9 Å². The van der Waals surface area contributed by atoms with Crippen LogP contribution in [0.3, 0.4) is 0 Å². The lowest BCUT2D eigenvalue weighted by Gasteiger charge is -2.40. The Hall–Kier alpha value is -1.85. The molecule has 0 bridgehead atoms. The zero-order chi connectivity index (χ0) is 16.5. The van der Waals surface area contributed by atoms with E-state index in [1.807, 2.05) is 20.8 Å². The molecule has 0 unspecified atom stereocenters. The summed E-state index contributed by atoms with van der Waals surface area (Å²) in [6.07, 6.45) is 6.94. The van der Waals surface area contributed by atoms with Crippen LogP contribution in [0, 0.1) is 0 Å². The molecule has 0 aliphatic heterocycles. The van der Waals surface area contributed by atoms with Crippen molar-refractivity contribution in [3.05, 3.63) is 18.0 Å². The summed E-state index contributed by atoms with van der Waals surface area (Å²) in [5, 5.41) is 13.9. The average Bonchev–Trinajstić information content (AvgIpc) is 2.96. The number of carbonyl (C=O) groups is 2. The molecule has 6 nitrogen and oxygen atoms in total. The molecular weight excluding hydrogens is 282 g/mol. The molecule has 0 atom stereocenters. The second kappa shape index (κ2) is 5.74. The molecule has 1 amide bonds. The number of amides is 1. The molecule has 1 heterocycles. The Morgan fingerprint density at radius 2 is 1.86 bits per heavy atom. The van der Waals surface area contributed by atoms with Crippen molar-refractivity contribution < 1.29 is 14.7 Å². The van der Waals surface area contributed by atoms with Crippen molar-refractivity contribution in [1.82, 2.24) is 14.7 Å². The van der Waals surface area contributed by atoms with Gasteiger partial charge in [0.05, 0.1) is 17.3 Å². The van der Waals surface area contributed by atoms with E-state index in [9.17, 15) is 14.7 Å². The minimum absolute atomic E-state index is 0.216. The van der Waals surface area contributed by atoms with Gasteiger partial charge in [0, 0.05) is 13.2 Å². The SMILES string of the molecule is CN(C(=O)c1cnn(C(C)(C)C)c1)C1(C(=O)O)CCCCC1. The Balaban J connectivity index is 2.27. The van der Waals surface area contributed by atoms with Crippen LogP contribution in [0.5, 0.6) is 0 Å². The van der Waals surface area contributed by atoms with E-state index < -0.39 is 11.5 Å². The molecule has 6 heteroatoms. The minimum atomic E-state index is -1.08. The highest BCUT2D eigenvalue weighted by Gasteiger charge is 2.45. The number of aliphatic carboxylic acids is 1. The van der Waals surface area contributed by atoms with Gasteiger partial charge in [-0.15, -0.1) is 0 Å². The van der Waals surface area contributed by atoms with E-state index in [0.717, 1.165) is 19.3 Å². The number of nitrogens with zero attached hydrogens (tertiary/aromatic N) is 3. The Labute approximate surface area is 131 Å². The monoisotopic (exact) mass is 307 g/mol. The van der Waals surface area contributed by atoms with Crippen LogP contribution in [-0.2, 0) is 10.3 Å². The molecule has 1 aromatic heterocycles. The number of carboxylic acid groups (broad SMARTS) is 1. The maximum absolute atomic E-state index is 12.7. The fourth-order valence-corrected chi connectivity index (χ4v) is 3.02. The van der Waals surface area contributed by atoms with Crippen molar-refractivity contribution in [3.8, 4) is 0 Å². The normalized spacial score (nSPS) is 18.0. The first-order valence-corrected chi connectivity index (χ1v) is 7.75. The van der Waals surface area contributed by atoms with Gasteiger partial charge in [-0.2, -0.15) is 5.10 Å². The third-order valence-electron chi connectivity index (χ3n) is 4.54. The van der Waals surface area contributed by atoms with Gasteiger partial charge in [-0.1, -0.05) is 19.3 Å². The molecule has 22 heavy (non-hydrogen) atoms. The van der Waals surface area contributed by atoms with Crippen LogP contribution < -0.4 is 0 Å². The summed E-state index contributed by atoms with van der Waals surface area (Å²) in [5.41, 5.74) is -0.866. The summed E-state index contributed by atoms with van der Waals surface area (Å²) in [6.45, 7) is 5.99. The molecule has 1 N–H and O–H groups in total. The summed E-state index contributed by atoms with van der Waals surface area (Å²) < 4.78 is 1.72. The fourth-order valence-electron chi connectivity index (χ4n) is 3.02. The Bertz CT molecular complexity index is 565. The largest absolute Gasteiger partial charge is 0.479 e. The number of aromatic nitrogens is 2. The second-order valence-corrected chi connectivity index (χ2v) is 7.11. The number of rotatable bonds is 3. The van der Waals surface area contributed by atoms with Crippen molar-refractivity contribution in [3.63, 3.8) is 0 Å². The quantitative estimate of drug-likeness (QED) is 0.931. The van der Waals surface area contributed by atoms with Gasteiger partial charge >= 0.3 is 5.97 Å². The molecule has 1 aliphatic rings. The molecular formula is C16H25N3O3. The van der Waals surface area contributed by atoms with Crippen molar-refractivity contribution >= 4 is 11.9 Å². The highest BCUT2D eigenvalue weighted by molar-refractivity contribution is 5.97. The highest BCUT2D eigenvalue weighted by atomic mass is 16.4. The van der Waals surface area contributed by atoms with E-state index in [2.05, 4.69) is 5.10 Å².